The van der Waals surface area contributed by atoms with Crippen LogP contribution in [0, 0.1) is 0 Å². The zero-order chi connectivity index (χ0) is 60.7. The third-order valence-electron chi connectivity index (χ3n) is 16.4. The summed E-state index contributed by atoms with van der Waals surface area (Å²) in [4.78, 5) is 13.1. The van der Waals surface area contributed by atoms with Crippen LogP contribution in [0.3, 0.4) is 0 Å². The molecule has 1 aliphatic heterocycles. The van der Waals surface area contributed by atoms with Gasteiger partial charge in [-0.25, -0.2) is 0 Å². The van der Waals surface area contributed by atoms with Crippen LogP contribution in [0.15, 0.2) is 97.2 Å². The Kier molecular flexibility index (Phi) is 59.5. The average molecular weight is 1180 g/mol. The fourth-order valence-electron chi connectivity index (χ4n) is 10.9. The van der Waals surface area contributed by atoms with Gasteiger partial charge in [-0.05, 0) is 89.9 Å². The minimum Gasteiger partial charge on any atom is -0.394 e. The van der Waals surface area contributed by atoms with Crippen molar-refractivity contribution >= 4 is 5.91 Å². The van der Waals surface area contributed by atoms with Crippen LogP contribution >= 0.6 is 0 Å². The minimum atomic E-state index is -1.58. The largest absolute Gasteiger partial charge is 0.394 e. The van der Waals surface area contributed by atoms with Gasteiger partial charge in [-0.3, -0.25) is 4.79 Å². The molecular formula is C75H133NO8. The number of aliphatic hydroxyl groups excluding tert-OH is 5. The lowest BCUT2D eigenvalue weighted by atomic mass is 9.99. The Morgan fingerprint density at radius 1 is 0.417 bits per heavy atom. The molecule has 0 aromatic rings. The standard InChI is InChI=1S/C75H133NO8/c1-3-5-7-9-11-13-15-17-19-21-23-25-27-28-29-30-31-32-33-34-35-36-37-38-39-40-41-42-43-45-47-49-51-53-55-57-59-61-63-65-71(79)76-68(67-83-75-74(82)73(81)72(80)70(66-77)84-75)69(78)64-62-60-58-56-54-52-50-48-46-44-26-24-22-20-18-16-14-12-10-8-6-4-2/h5,7,11,13,17,19,23,25,28-29,46,48,54,56,62,64,68-70,72-75,77-78,80-82H,3-4,6,8-10,12,14-16,18,20-22,24,26-27,30-45,47,49-53,55,57-61,63,65-67H2,1-2H3,(H,76,79)/b7-5-,13-11-,19-17-,25-23-,29-28-,48-46+,56-54+,64-62+. The highest BCUT2D eigenvalue weighted by Crippen LogP contribution is 2.23. The van der Waals surface area contributed by atoms with E-state index in [-0.39, 0.29) is 12.5 Å². The summed E-state index contributed by atoms with van der Waals surface area (Å²) < 4.78 is 11.3. The van der Waals surface area contributed by atoms with Crippen molar-refractivity contribution in [3.63, 3.8) is 0 Å². The Labute approximate surface area is 517 Å². The van der Waals surface area contributed by atoms with Gasteiger partial charge in [0.1, 0.15) is 24.4 Å². The average Bonchev–Trinajstić information content (AvgIpc) is 3.70. The van der Waals surface area contributed by atoms with Crippen LogP contribution in [0.5, 0.6) is 0 Å². The van der Waals surface area contributed by atoms with E-state index in [1.165, 1.54) is 218 Å². The van der Waals surface area contributed by atoms with Gasteiger partial charge in [0, 0.05) is 6.42 Å². The van der Waals surface area contributed by atoms with Gasteiger partial charge in [0.2, 0.25) is 5.91 Å². The summed E-state index contributed by atoms with van der Waals surface area (Å²) in [6.45, 7) is 3.67. The summed E-state index contributed by atoms with van der Waals surface area (Å²) in [7, 11) is 0. The van der Waals surface area contributed by atoms with Gasteiger partial charge >= 0.3 is 0 Å². The van der Waals surface area contributed by atoms with Crippen molar-refractivity contribution in [2.75, 3.05) is 13.2 Å². The number of hydrogen-bond donors (Lipinski definition) is 6. The van der Waals surface area contributed by atoms with E-state index in [2.05, 4.69) is 104 Å². The van der Waals surface area contributed by atoms with E-state index in [4.69, 9.17) is 9.47 Å². The first-order valence-electron chi connectivity index (χ1n) is 35.5. The smallest absolute Gasteiger partial charge is 0.220 e. The predicted molar refractivity (Wildman–Crippen MR) is 359 cm³/mol. The van der Waals surface area contributed by atoms with E-state index < -0.39 is 49.5 Å². The number of aliphatic hydroxyl groups is 5. The van der Waals surface area contributed by atoms with Crippen LogP contribution in [0.25, 0.3) is 0 Å². The van der Waals surface area contributed by atoms with Crippen molar-refractivity contribution in [1.29, 1.82) is 0 Å². The van der Waals surface area contributed by atoms with Crippen molar-refractivity contribution in [3.8, 4) is 0 Å². The highest BCUT2D eigenvalue weighted by Gasteiger charge is 2.44. The van der Waals surface area contributed by atoms with Crippen molar-refractivity contribution in [2.45, 2.75) is 358 Å². The zero-order valence-corrected chi connectivity index (χ0v) is 54.4. The zero-order valence-electron chi connectivity index (χ0n) is 54.4. The Bertz CT molecular complexity index is 1650. The molecule has 0 radical (unpaired) electrons. The lowest BCUT2D eigenvalue weighted by molar-refractivity contribution is -0.302. The summed E-state index contributed by atoms with van der Waals surface area (Å²) >= 11 is 0. The minimum absolute atomic E-state index is 0.188. The highest BCUT2D eigenvalue weighted by atomic mass is 16.7. The van der Waals surface area contributed by atoms with Crippen LogP contribution in [0.2, 0.25) is 0 Å². The number of hydrogen-bond acceptors (Lipinski definition) is 8. The van der Waals surface area contributed by atoms with Gasteiger partial charge in [0.25, 0.3) is 0 Å². The number of rotatable bonds is 61. The quantitative estimate of drug-likeness (QED) is 0.0261. The predicted octanol–water partition coefficient (Wildman–Crippen LogP) is 19.5. The summed E-state index contributed by atoms with van der Waals surface area (Å²) in [5, 5.41) is 54.7. The third kappa shape index (κ3) is 51.2. The summed E-state index contributed by atoms with van der Waals surface area (Å²) in [6.07, 6.45) is 85.2. The number of carbonyl (C=O) groups excluding carboxylic acids is 1. The molecule has 9 nitrogen and oxygen atoms in total. The molecule has 7 atom stereocenters. The SMILES string of the molecule is CC/C=C\C/C=C\C/C=C\C/C=C\C/C=C\CCCCCCCCCCCCCCCCCCCCCCCCCC(=O)NC(COC1OC(CO)C(O)C(O)C1O)C(O)/C=C/CC/C=C/CC/C=C/CCCCCCCCCCCCCC. The molecule has 0 saturated carbocycles. The second-order valence-corrected chi connectivity index (χ2v) is 24.3. The second-order valence-electron chi connectivity index (χ2n) is 24.3. The molecule has 9 heteroatoms. The summed E-state index contributed by atoms with van der Waals surface area (Å²) in [5.41, 5.74) is 0. The molecule has 1 fully saturated rings. The van der Waals surface area contributed by atoms with Crippen LogP contribution in [0.1, 0.15) is 316 Å². The molecule has 0 aromatic heterocycles. The molecule has 486 valence electrons. The lowest BCUT2D eigenvalue weighted by Crippen LogP contribution is -2.60. The Morgan fingerprint density at radius 2 is 0.750 bits per heavy atom. The molecule has 1 rings (SSSR count). The molecule has 6 N–H and O–H groups in total. The lowest BCUT2D eigenvalue weighted by Gasteiger charge is -2.40. The Balaban J connectivity index is 2.10. The van der Waals surface area contributed by atoms with Crippen molar-refractivity contribution < 1.29 is 39.8 Å². The molecular weight excluding hydrogens is 1040 g/mol. The number of allylic oxidation sites excluding steroid dienone is 15. The maximum atomic E-state index is 13.1. The van der Waals surface area contributed by atoms with E-state index in [0.29, 0.717) is 6.42 Å². The Morgan fingerprint density at radius 3 is 1.14 bits per heavy atom. The summed E-state index contributed by atoms with van der Waals surface area (Å²) in [5.74, 6) is -0.188. The molecule has 7 unspecified atom stereocenters. The van der Waals surface area contributed by atoms with Crippen LogP contribution in [0.4, 0.5) is 0 Å². The van der Waals surface area contributed by atoms with E-state index >= 15 is 0 Å². The van der Waals surface area contributed by atoms with E-state index in [1.54, 1.807) is 6.08 Å². The van der Waals surface area contributed by atoms with Crippen LogP contribution in [-0.2, 0) is 14.3 Å². The normalized spacial score (nSPS) is 18.8. The molecule has 0 bridgehead atoms. The van der Waals surface area contributed by atoms with Gasteiger partial charge in [-0.2, -0.15) is 0 Å². The van der Waals surface area contributed by atoms with Crippen LogP contribution < -0.4 is 5.32 Å². The maximum absolute atomic E-state index is 13.1. The summed E-state index contributed by atoms with van der Waals surface area (Å²) in [6, 6.07) is -0.832. The number of ether oxygens (including phenoxy) is 2. The van der Waals surface area contributed by atoms with E-state index in [0.717, 1.165) is 77.0 Å². The van der Waals surface area contributed by atoms with Gasteiger partial charge in [0.15, 0.2) is 6.29 Å². The van der Waals surface area contributed by atoms with E-state index in [9.17, 15) is 30.3 Å². The van der Waals surface area contributed by atoms with Crippen molar-refractivity contribution in [2.24, 2.45) is 0 Å². The van der Waals surface area contributed by atoms with Gasteiger partial charge in [0.05, 0.1) is 25.4 Å². The molecule has 1 heterocycles. The first kappa shape index (κ1) is 79.1. The fraction of sp³-hybridized carbons (Fsp3) is 0.773. The molecule has 84 heavy (non-hydrogen) atoms. The number of nitrogens with one attached hydrogen (secondary N) is 1. The molecule has 1 saturated heterocycles. The fourth-order valence-corrected chi connectivity index (χ4v) is 10.9. The molecule has 0 aliphatic carbocycles. The van der Waals surface area contributed by atoms with Crippen molar-refractivity contribution in [1.82, 2.24) is 5.32 Å². The van der Waals surface area contributed by atoms with Crippen molar-refractivity contribution in [3.05, 3.63) is 97.2 Å². The molecule has 1 amide bonds. The highest BCUT2D eigenvalue weighted by molar-refractivity contribution is 5.76. The van der Waals surface area contributed by atoms with Gasteiger partial charge in [-0.15, -0.1) is 0 Å². The van der Waals surface area contributed by atoms with Crippen LogP contribution in [-0.4, -0.2) is 87.5 Å². The number of amides is 1. The van der Waals surface area contributed by atoms with Gasteiger partial charge in [-0.1, -0.05) is 317 Å². The monoisotopic (exact) mass is 1180 g/mol. The molecule has 0 aromatic carbocycles. The molecule has 1 aliphatic rings. The first-order valence-corrected chi connectivity index (χ1v) is 35.5. The topological polar surface area (TPSA) is 149 Å². The van der Waals surface area contributed by atoms with E-state index in [1.807, 2.05) is 6.08 Å². The number of carbonyl (C=O) groups is 1. The third-order valence-corrected chi connectivity index (χ3v) is 16.4. The number of unbranched alkanes of at least 4 members (excludes halogenated alkanes) is 37. The molecule has 0 spiro atoms. The first-order chi connectivity index (χ1) is 41.3. The maximum Gasteiger partial charge on any atom is 0.220 e. The second kappa shape index (κ2) is 63.1. The van der Waals surface area contributed by atoms with Gasteiger partial charge < -0.3 is 40.3 Å². The Hall–Kier alpha value is -2.89.